The predicted molar refractivity (Wildman–Crippen MR) is 62.0 cm³/mol. The standard InChI is InChI=1S/C13H21NO2/c1-2-16-11-9-13-6-4-8-14(13)7-3-5-10(13)12(11)15/h9-10,12,15H,2-8H2,1H3/t10-,12+,13+/m1/s1. The number of rotatable bonds is 2. The van der Waals surface area contributed by atoms with Crippen LogP contribution in [0.5, 0.6) is 0 Å². The molecule has 2 heterocycles. The number of hydrogen-bond acceptors (Lipinski definition) is 3. The van der Waals surface area contributed by atoms with E-state index in [2.05, 4.69) is 11.0 Å². The molecule has 3 rings (SSSR count). The van der Waals surface area contributed by atoms with Crippen molar-refractivity contribution in [2.75, 3.05) is 19.7 Å². The van der Waals surface area contributed by atoms with Gasteiger partial charge in [-0.3, -0.25) is 4.90 Å². The SMILES string of the molecule is CCOC1=C[C@]23CCCN2CCC[C@@H]3[C@@H]1O. The molecule has 0 unspecified atom stereocenters. The minimum absolute atomic E-state index is 0.141. The molecule has 3 atom stereocenters. The van der Waals surface area contributed by atoms with Crippen LogP contribution in [0.15, 0.2) is 11.8 Å². The van der Waals surface area contributed by atoms with Crippen molar-refractivity contribution < 1.29 is 9.84 Å². The van der Waals surface area contributed by atoms with Gasteiger partial charge in [0.2, 0.25) is 0 Å². The highest BCUT2D eigenvalue weighted by molar-refractivity contribution is 5.29. The molecule has 1 aliphatic carbocycles. The number of nitrogens with zero attached hydrogens (tertiary/aromatic N) is 1. The molecule has 1 spiro atoms. The molecule has 90 valence electrons. The normalized spacial score (nSPS) is 42.8. The van der Waals surface area contributed by atoms with Crippen LogP contribution in [0.1, 0.15) is 32.6 Å². The number of piperidine rings is 1. The second kappa shape index (κ2) is 3.74. The molecule has 0 bridgehead atoms. The second-order valence-corrected chi connectivity index (χ2v) is 5.26. The van der Waals surface area contributed by atoms with Crippen LogP contribution in [-0.4, -0.2) is 41.3 Å². The van der Waals surface area contributed by atoms with Crippen LogP contribution in [-0.2, 0) is 4.74 Å². The first-order valence-corrected chi connectivity index (χ1v) is 6.56. The molecule has 0 aromatic carbocycles. The largest absolute Gasteiger partial charge is 0.496 e. The van der Waals surface area contributed by atoms with Crippen LogP contribution in [0.25, 0.3) is 0 Å². The van der Waals surface area contributed by atoms with Gasteiger partial charge in [-0.2, -0.15) is 0 Å². The van der Waals surface area contributed by atoms with E-state index in [-0.39, 0.29) is 11.6 Å². The molecule has 2 saturated heterocycles. The van der Waals surface area contributed by atoms with E-state index in [9.17, 15) is 5.11 Å². The summed E-state index contributed by atoms with van der Waals surface area (Å²) >= 11 is 0. The Morgan fingerprint density at radius 2 is 2.31 bits per heavy atom. The fraction of sp³-hybridized carbons (Fsp3) is 0.846. The van der Waals surface area contributed by atoms with E-state index < -0.39 is 0 Å². The minimum atomic E-state index is -0.360. The Kier molecular flexibility index (Phi) is 2.48. The zero-order valence-electron chi connectivity index (χ0n) is 9.98. The summed E-state index contributed by atoms with van der Waals surface area (Å²) in [5.74, 6) is 1.21. The van der Waals surface area contributed by atoms with E-state index in [0.29, 0.717) is 12.5 Å². The van der Waals surface area contributed by atoms with E-state index in [1.807, 2.05) is 6.92 Å². The fourth-order valence-electron chi connectivity index (χ4n) is 3.94. The maximum Gasteiger partial charge on any atom is 0.123 e. The number of aliphatic hydroxyl groups is 1. The Bertz CT molecular complexity index is 315. The molecule has 0 radical (unpaired) electrons. The Morgan fingerprint density at radius 1 is 1.50 bits per heavy atom. The lowest BCUT2D eigenvalue weighted by molar-refractivity contribution is 0.00360. The zero-order valence-corrected chi connectivity index (χ0v) is 9.98. The summed E-state index contributed by atoms with van der Waals surface area (Å²) < 4.78 is 5.59. The molecule has 1 N–H and O–H groups in total. The smallest absolute Gasteiger partial charge is 0.123 e. The van der Waals surface area contributed by atoms with Gasteiger partial charge in [0.1, 0.15) is 11.9 Å². The van der Waals surface area contributed by atoms with E-state index in [4.69, 9.17) is 4.74 Å². The molecule has 3 heteroatoms. The Morgan fingerprint density at radius 3 is 3.12 bits per heavy atom. The van der Waals surface area contributed by atoms with Gasteiger partial charge in [0.25, 0.3) is 0 Å². The van der Waals surface area contributed by atoms with Gasteiger partial charge < -0.3 is 9.84 Å². The van der Waals surface area contributed by atoms with Gasteiger partial charge in [-0.05, 0) is 51.8 Å². The average Bonchev–Trinajstić information content (AvgIpc) is 2.80. The number of aliphatic hydroxyl groups excluding tert-OH is 1. The van der Waals surface area contributed by atoms with Crippen molar-refractivity contribution in [3.8, 4) is 0 Å². The molecule has 0 aromatic rings. The lowest BCUT2D eigenvalue weighted by atomic mass is 9.78. The topological polar surface area (TPSA) is 32.7 Å². The lowest BCUT2D eigenvalue weighted by Gasteiger charge is -2.44. The molecule has 3 nitrogen and oxygen atoms in total. The van der Waals surface area contributed by atoms with E-state index in [0.717, 1.165) is 12.2 Å². The van der Waals surface area contributed by atoms with Gasteiger partial charge in [0, 0.05) is 11.5 Å². The van der Waals surface area contributed by atoms with Gasteiger partial charge in [-0.25, -0.2) is 0 Å². The van der Waals surface area contributed by atoms with E-state index >= 15 is 0 Å². The van der Waals surface area contributed by atoms with Crippen molar-refractivity contribution in [2.24, 2.45) is 5.92 Å². The molecule has 0 amide bonds. The molecular weight excluding hydrogens is 202 g/mol. The van der Waals surface area contributed by atoms with Crippen LogP contribution in [0.3, 0.4) is 0 Å². The molecule has 0 saturated carbocycles. The highest BCUT2D eigenvalue weighted by atomic mass is 16.5. The predicted octanol–water partition coefficient (Wildman–Crippen LogP) is 1.53. The van der Waals surface area contributed by atoms with Crippen LogP contribution in [0.2, 0.25) is 0 Å². The molecular formula is C13H21NO2. The Hall–Kier alpha value is -0.540. The maximum absolute atomic E-state index is 10.3. The summed E-state index contributed by atoms with van der Waals surface area (Å²) in [5.41, 5.74) is 0.141. The number of ether oxygens (including phenoxy) is 1. The first-order chi connectivity index (χ1) is 7.78. The van der Waals surface area contributed by atoms with E-state index in [1.54, 1.807) is 0 Å². The third-order valence-electron chi connectivity index (χ3n) is 4.56. The summed E-state index contributed by atoms with van der Waals surface area (Å²) in [6, 6.07) is 0. The van der Waals surface area contributed by atoms with Gasteiger partial charge >= 0.3 is 0 Å². The summed E-state index contributed by atoms with van der Waals surface area (Å²) in [7, 11) is 0. The van der Waals surface area contributed by atoms with Crippen molar-refractivity contribution in [3.05, 3.63) is 11.8 Å². The third-order valence-corrected chi connectivity index (χ3v) is 4.56. The van der Waals surface area contributed by atoms with Crippen molar-refractivity contribution >= 4 is 0 Å². The first kappa shape index (κ1) is 10.6. The summed E-state index contributed by atoms with van der Waals surface area (Å²) in [4.78, 5) is 2.57. The summed E-state index contributed by atoms with van der Waals surface area (Å²) in [6.45, 7) is 5.03. The van der Waals surface area contributed by atoms with Crippen LogP contribution in [0, 0.1) is 5.92 Å². The number of hydrogen-bond donors (Lipinski definition) is 1. The van der Waals surface area contributed by atoms with E-state index in [1.165, 1.54) is 32.4 Å². The highest BCUT2D eigenvalue weighted by Crippen LogP contribution is 2.50. The van der Waals surface area contributed by atoms with Gasteiger partial charge in [-0.15, -0.1) is 0 Å². The lowest BCUT2D eigenvalue weighted by Crippen LogP contribution is -2.52. The van der Waals surface area contributed by atoms with Crippen molar-refractivity contribution in [1.82, 2.24) is 4.90 Å². The Balaban J connectivity index is 1.93. The summed E-state index contributed by atoms with van der Waals surface area (Å²) in [6.07, 6.45) is 6.70. The highest BCUT2D eigenvalue weighted by Gasteiger charge is 2.55. The van der Waals surface area contributed by atoms with Crippen LogP contribution < -0.4 is 0 Å². The monoisotopic (exact) mass is 223 g/mol. The average molecular weight is 223 g/mol. The van der Waals surface area contributed by atoms with Crippen molar-refractivity contribution in [2.45, 2.75) is 44.2 Å². The quantitative estimate of drug-likeness (QED) is 0.770. The van der Waals surface area contributed by atoms with Crippen molar-refractivity contribution in [3.63, 3.8) is 0 Å². The second-order valence-electron chi connectivity index (χ2n) is 5.26. The maximum atomic E-state index is 10.3. The third kappa shape index (κ3) is 1.28. The van der Waals surface area contributed by atoms with Gasteiger partial charge in [0.05, 0.1) is 6.61 Å². The zero-order chi connectivity index (χ0) is 11.2. The molecule has 2 aliphatic heterocycles. The minimum Gasteiger partial charge on any atom is -0.496 e. The van der Waals surface area contributed by atoms with Gasteiger partial charge in [-0.1, -0.05) is 0 Å². The molecule has 0 aromatic heterocycles. The first-order valence-electron chi connectivity index (χ1n) is 6.56. The molecule has 16 heavy (non-hydrogen) atoms. The fourth-order valence-corrected chi connectivity index (χ4v) is 3.94. The molecule has 3 aliphatic rings. The summed E-state index contributed by atoms with van der Waals surface area (Å²) in [5, 5.41) is 10.3. The van der Waals surface area contributed by atoms with Crippen LogP contribution >= 0.6 is 0 Å². The van der Waals surface area contributed by atoms with Gasteiger partial charge in [0.15, 0.2) is 0 Å². The Labute approximate surface area is 97.1 Å². The van der Waals surface area contributed by atoms with Crippen molar-refractivity contribution in [1.29, 1.82) is 0 Å². The van der Waals surface area contributed by atoms with Crippen LogP contribution in [0.4, 0.5) is 0 Å². The molecule has 2 fully saturated rings.